The molecule has 0 saturated heterocycles. The first-order valence-electron chi connectivity index (χ1n) is 6.58. The summed E-state index contributed by atoms with van der Waals surface area (Å²) in [6.45, 7) is 2.40. The maximum absolute atomic E-state index is 11.8. The van der Waals surface area contributed by atoms with Gasteiger partial charge in [-0.05, 0) is 37.3 Å². The summed E-state index contributed by atoms with van der Waals surface area (Å²) < 4.78 is 10.7. The molecule has 5 heteroatoms. The van der Waals surface area contributed by atoms with E-state index in [2.05, 4.69) is 5.32 Å². The highest BCUT2D eigenvalue weighted by molar-refractivity contribution is 6.30. The highest BCUT2D eigenvalue weighted by Crippen LogP contribution is 2.18. The lowest BCUT2D eigenvalue weighted by Gasteiger charge is -2.09. The van der Waals surface area contributed by atoms with E-state index < -0.39 is 0 Å². The molecule has 2 aromatic carbocycles. The monoisotopic (exact) mass is 305 g/mol. The molecule has 0 fully saturated rings. The average molecular weight is 306 g/mol. The van der Waals surface area contributed by atoms with Gasteiger partial charge in [-0.2, -0.15) is 0 Å². The first kappa shape index (κ1) is 15.2. The van der Waals surface area contributed by atoms with Crippen molar-refractivity contribution in [2.24, 2.45) is 0 Å². The van der Waals surface area contributed by atoms with E-state index in [0.717, 1.165) is 0 Å². The number of hydrogen-bond acceptors (Lipinski definition) is 3. The lowest BCUT2D eigenvalue weighted by Crippen LogP contribution is -2.20. The maximum atomic E-state index is 11.8. The van der Waals surface area contributed by atoms with Crippen LogP contribution in [0.25, 0.3) is 0 Å². The molecule has 0 saturated carbocycles. The molecule has 2 rings (SSSR count). The van der Waals surface area contributed by atoms with Crippen molar-refractivity contribution in [3.05, 3.63) is 53.6 Å². The van der Waals surface area contributed by atoms with Crippen LogP contribution < -0.4 is 14.8 Å². The zero-order valence-corrected chi connectivity index (χ0v) is 12.4. The Morgan fingerprint density at radius 2 is 1.81 bits per heavy atom. The minimum Gasteiger partial charge on any atom is -0.494 e. The number of amides is 1. The summed E-state index contributed by atoms with van der Waals surface area (Å²) in [4.78, 5) is 11.8. The third-order valence-electron chi connectivity index (χ3n) is 2.59. The van der Waals surface area contributed by atoms with Crippen molar-refractivity contribution < 1.29 is 14.3 Å². The number of benzene rings is 2. The molecular formula is C16H16ClNO3. The lowest BCUT2D eigenvalue weighted by atomic mass is 10.3. The van der Waals surface area contributed by atoms with Crippen molar-refractivity contribution in [2.75, 3.05) is 18.5 Å². The number of nitrogens with one attached hydrogen (secondary N) is 1. The van der Waals surface area contributed by atoms with E-state index in [4.69, 9.17) is 21.1 Å². The van der Waals surface area contributed by atoms with Crippen LogP contribution in [0.4, 0.5) is 5.69 Å². The fourth-order valence-corrected chi connectivity index (χ4v) is 1.91. The smallest absolute Gasteiger partial charge is 0.262 e. The summed E-state index contributed by atoms with van der Waals surface area (Å²) in [5, 5.41) is 3.32. The molecule has 0 atom stereocenters. The Bertz CT molecular complexity index is 616. The van der Waals surface area contributed by atoms with Crippen LogP contribution >= 0.6 is 11.6 Å². The summed E-state index contributed by atoms with van der Waals surface area (Å²) in [5.74, 6) is 1.02. The summed E-state index contributed by atoms with van der Waals surface area (Å²) in [7, 11) is 0. The molecule has 2 aromatic rings. The molecule has 1 N–H and O–H groups in total. The van der Waals surface area contributed by atoms with Crippen molar-refractivity contribution >= 4 is 23.2 Å². The second-order valence-electron chi connectivity index (χ2n) is 4.26. The fraction of sp³-hybridized carbons (Fsp3) is 0.188. The summed E-state index contributed by atoms with van der Waals surface area (Å²) in [5.41, 5.74) is 0.667. The van der Waals surface area contributed by atoms with Gasteiger partial charge in [-0.1, -0.05) is 23.7 Å². The SMILES string of the molecule is CCOc1cccc(NC(=O)COc2cccc(Cl)c2)c1. The molecule has 0 bridgehead atoms. The number of carbonyl (C=O) groups excluding carboxylic acids is 1. The second-order valence-corrected chi connectivity index (χ2v) is 4.69. The van der Waals surface area contributed by atoms with E-state index >= 15 is 0 Å². The third-order valence-corrected chi connectivity index (χ3v) is 2.83. The van der Waals surface area contributed by atoms with Gasteiger partial charge in [0.15, 0.2) is 6.61 Å². The number of carbonyl (C=O) groups is 1. The topological polar surface area (TPSA) is 47.6 Å². The van der Waals surface area contributed by atoms with Crippen LogP contribution in [0.3, 0.4) is 0 Å². The van der Waals surface area contributed by atoms with Crippen LogP contribution in [0.5, 0.6) is 11.5 Å². The van der Waals surface area contributed by atoms with Crippen molar-refractivity contribution in [3.63, 3.8) is 0 Å². The molecule has 110 valence electrons. The second kappa shape index (κ2) is 7.55. The maximum Gasteiger partial charge on any atom is 0.262 e. The van der Waals surface area contributed by atoms with E-state index in [0.29, 0.717) is 28.8 Å². The van der Waals surface area contributed by atoms with Crippen molar-refractivity contribution in [1.29, 1.82) is 0 Å². The molecule has 1 amide bonds. The van der Waals surface area contributed by atoms with E-state index in [1.165, 1.54) is 0 Å². The van der Waals surface area contributed by atoms with E-state index in [1.807, 2.05) is 19.1 Å². The minimum absolute atomic E-state index is 0.0841. The average Bonchev–Trinajstić information content (AvgIpc) is 2.46. The number of anilines is 1. The molecule has 4 nitrogen and oxygen atoms in total. The molecule has 0 aromatic heterocycles. The zero-order valence-electron chi connectivity index (χ0n) is 11.6. The predicted octanol–water partition coefficient (Wildman–Crippen LogP) is 3.76. The Kier molecular flexibility index (Phi) is 5.46. The normalized spacial score (nSPS) is 10.0. The highest BCUT2D eigenvalue weighted by atomic mass is 35.5. The molecular weight excluding hydrogens is 290 g/mol. The van der Waals surface area contributed by atoms with Gasteiger partial charge in [0.25, 0.3) is 5.91 Å². The molecule has 0 aliphatic heterocycles. The van der Waals surface area contributed by atoms with Gasteiger partial charge in [-0.25, -0.2) is 0 Å². The highest BCUT2D eigenvalue weighted by Gasteiger charge is 2.05. The van der Waals surface area contributed by atoms with E-state index in [1.54, 1.807) is 36.4 Å². The van der Waals surface area contributed by atoms with E-state index in [9.17, 15) is 4.79 Å². The molecule has 0 spiro atoms. The van der Waals surface area contributed by atoms with Crippen LogP contribution in [0.15, 0.2) is 48.5 Å². The van der Waals surface area contributed by atoms with Crippen LogP contribution in [0.2, 0.25) is 5.02 Å². The number of rotatable bonds is 6. The van der Waals surface area contributed by atoms with Crippen LogP contribution in [0.1, 0.15) is 6.92 Å². The van der Waals surface area contributed by atoms with Crippen molar-refractivity contribution in [1.82, 2.24) is 0 Å². The van der Waals surface area contributed by atoms with Crippen LogP contribution in [0, 0.1) is 0 Å². The predicted molar refractivity (Wildman–Crippen MR) is 83.2 cm³/mol. The first-order chi connectivity index (χ1) is 10.2. The quantitative estimate of drug-likeness (QED) is 0.884. The largest absolute Gasteiger partial charge is 0.494 e. The lowest BCUT2D eigenvalue weighted by molar-refractivity contribution is -0.118. The number of ether oxygens (including phenoxy) is 2. The van der Waals surface area contributed by atoms with Crippen LogP contribution in [-0.2, 0) is 4.79 Å². The molecule has 0 heterocycles. The molecule has 0 unspecified atom stereocenters. The third kappa shape index (κ3) is 5.00. The van der Waals surface area contributed by atoms with Gasteiger partial charge >= 0.3 is 0 Å². The van der Waals surface area contributed by atoms with Gasteiger partial charge in [0.2, 0.25) is 0 Å². The minimum atomic E-state index is -0.247. The Hall–Kier alpha value is -2.20. The number of hydrogen-bond donors (Lipinski definition) is 1. The summed E-state index contributed by atoms with van der Waals surface area (Å²) in [6.07, 6.45) is 0. The van der Waals surface area contributed by atoms with Crippen LogP contribution in [-0.4, -0.2) is 19.1 Å². The fourth-order valence-electron chi connectivity index (χ4n) is 1.73. The Morgan fingerprint density at radius 3 is 2.52 bits per heavy atom. The molecule has 21 heavy (non-hydrogen) atoms. The van der Waals surface area contributed by atoms with Gasteiger partial charge in [-0.3, -0.25) is 4.79 Å². The Morgan fingerprint density at radius 1 is 1.10 bits per heavy atom. The number of halogens is 1. The van der Waals surface area contributed by atoms with E-state index in [-0.39, 0.29) is 12.5 Å². The van der Waals surface area contributed by atoms with Gasteiger partial charge in [0.05, 0.1) is 6.61 Å². The summed E-state index contributed by atoms with van der Waals surface area (Å²) in [6, 6.07) is 14.1. The Balaban J connectivity index is 1.88. The zero-order chi connectivity index (χ0) is 15.1. The van der Waals surface area contributed by atoms with Crippen molar-refractivity contribution in [3.8, 4) is 11.5 Å². The Labute approximate surface area is 128 Å². The first-order valence-corrected chi connectivity index (χ1v) is 6.96. The van der Waals surface area contributed by atoms with Gasteiger partial charge in [-0.15, -0.1) is 0 Å². The van der Waals surface area contributed by atoms with Gasteiger partial charge in [0, 0.05) is 16.8 Å². The van der Waals surface area contributed by atoms with Gasteiger partial charge < -0.3 is 14.8 Å². The molecule has 0 aliphatic rings. The summed E-state index contributed by atoms with van der Waals surface area (Å²) >= 11 is 5.84. The standard InChI is InChI=1S/C16H16ClNO3/c1-2-20-15-8-4-6-13(10-15)18-16(19)11-21-14-7-3-5-12(17)9-14/h3-10H,2,11H2,1H3,(H,18,19). The molecule has 0 aliphatic carbocycles. The van der Waals surface area contributed by atoms with Gasteiger partial charge in [0.1, 0.15) is 11.5 Å². The van der Waals surface area contributed by atoms with Crippen molar-refractivity contribution in [2.45, 2.75) is 6.92 Å². The molecule has 0 radical (unpaired) electrons.